The number of aliphatic hydroxyl groups is 1. The van der Waals surface area contributed by atoms with Crippen molar-refractivity contribution in [3.8, 4) is 11.5 Å². The Labute approximate surface area is 244 Å². The summed E-state index contributed by atoms with van der Waals surface area (Å²) in [5, 5.41) is 9.62. The number of anilines is 2. The van der Waals surface area contributed by atoms with Gasteiger partial charge in [-0.1, -0.05) is 24.3 Å². The SMILES string of the molecule is CCOc1ccc(N2CC=C[C@@H]3O[C@]45C=CCN(c6ccc(OC)cc6)C(=O)C4N(CCCO)C(=O)[C@@H]5[C@@H]3C2=O)cc1. The van der Waals surface area contributed by atoms with Crippen molar-refractivity contribution in [2.45, 2.75) is 31.1 Å². The number of carbonyl (C=O) groups is 3. The minimum Gasteiger partial charge on any atom is -0.497 e. The second-order valence-electron chi connectivity index (χ2n) is 10.8. The first kappa shape index (κ1) is 28.0. The first-order chi connectivity index (χ1) is 20.4. The van der Waals surface area contributed by atoms with E-state index in [0.29, 0.717) is 42.4 Å². The zero-order chi connectivity index (χ0) is 29.4. The molecule has 1 N–H and O–H groups in total. The molecule has 2 saturated heterocycles. The third-order valence-electron chi connectivity index (χ3n) is 8.56. The van der Waals surface area contributed by atoms with Crippen LogP contribution in [0, 0.1) is 11.8 Å². The van der Waals surface area contributed by atoms with Crippen LogP contribution in [0.5, 0.6) is 11.5 Å². The monoisotopic (exact) mass is 573 g/mol. The van der Waals surface area contributed by atoms with Crippen molar-refractivity contribution in [3.63, 3.8) is 0 Å². The molecule has 1 unspecified atom stereocenters. The lowest BCUT2D eigenvalue weighted by atomic mass is 9.77. The molecule has 0 aromatic heterocycles. The molecule has 6 rings (SSSR count). The summed E-state index contributed by atoms with van der Waals surface area (Å²) in [5.74, 6) is -1.20. The van der Waals surface area contributed by atoms with Crippen LogP contribution in [0.15, 0.2) is 72.8 Å². The van der Waals surface area contributed by atoms with Gasteiger partial charge in [0.1, 0.15) is 23.1 Å². The van der Waals surface area contributed by atoms with Gasteiger partial charge in [0.05, 0.1) is 31.7 Å². The summed E-state index contributed by atoms with van der Waals surface area (Å²) in [6.07, 6.45) is 7.01. The number of hydrogen-bond donors (Lipinski definition) is 1. The highest BCUT2D eigenvalue weighted by Crippen LogP contribution is 2.53. The summed E-state index contributed by atoms with van der Waals surface area (Å²) in [5.41, 5.74) is 0.0134. The average Bonchev–Trinajstić information content (AvgIpc) is 3.31. The third-order valence-corrected chi connectivity index (χ3v) is 8.56. The number of amides is 3. The molecular formula is C32H35N3O7. The quantitative estimate of drug-likeness (QED) is 0.484. The summed E-state index contributed by atoms with van der Waals surface area (Å²) < 4.78 is 17.5. The Morgan fingerprint density at radius 2 is 1.55 bits per heavy atom. The van der Waals surface area contributed by atoms with Gasteiger partial charge < -0.3 is 34.0 Å². The number of fused-ring (bicyclic) bond motifs is 2. The van der Waals surface area contributed by atoms with E-state index in [1.54, 1.807) is 41.2 Å². The van der Waals surface area contributed by atoms with E-state index < -0.39 is 29.6 Å². The van der Waals surface area contributed by atoms with Crippen LogP contribution in [-0.4, -0.2) is 85.4 Å². The molecule has 2 aromatic rings. The van der Waals surface area contributed by atoms with Gasteiger partial charge in [0.25, 0.3) is 5.91 Å². The fraction of sp³-hybridized carbons (Fsp3) is 0.406. The van der Waals surface area contributed by atoms with Gasteiger partial charge in [-0.25, -0.2) is 0 Å². The molecule has 4 aliphatic heterocycles. The van der Waals surface area contributed by atoms with Gasteiger partial charge in [0, 0.05) is 37.6 Å². The fourth-order valence-electron chi connectivity index (χ4n) is 6.73. The van der Waals surface area contributed by atoms with Crippen LogP contribution in [-0.2, 0) is 19.1 Å². The van der Waals surface area contributed by atoms with Crippen molar-refractivity contribution >= 4 is 29.1 Å². The molecular weight excluding hydrogens is 538 g/mol. The number of aliphatic hydroxyl groups excluding tert-OH is 1. The van der Waals surface area contributed by atoms with Crippen LogP contribution in [0.25, 0.3) is 0 Å². The fourth-order valence-corrected chi connectivity index (χ4v) is 6.73. The Morgan fingerprint density at radius 3 is 2.19 bits per heavy atom. The van der Waals surface area contributed by atoms with Gasteiger partial charge in [-0.3, -0.25) is 14.4 Å². The molecule has 10 heteroatoms. The molecule has 0 saturated carbocycles. The van der Waals surface area contributed by atoms with Crippen LogP contribution in [0.1, 0.15) is 13.3 Å². The van der Waals surface area contributed by atoms with E-state index in [4.69, 9.17) is 14.2 Å². The Morgan fingerprint density at radius 1 is 0.905 bits per heavy atom. The predicted molar refractivity (Wildman–Crippen MR) is 155 cm³/mol. The highest BCUT2D eigenvalue weighted by Gasteiger charge is 2.71. The average molecular weight is 574 g/mol. The Bertz CT molecular complexity index is 1410. The number of ether oxygens (including phenoxy) is 3. The van der Waals surface area contributed by atoms with Crippen LogP contribution in [0.3, 0.4) is 0 Å². The van der Waals surface area contributed by atoms with E-state index >= 15 is 0 Å². The zero-order valence-corrected chi connectivity index (χ0v) is 23.7. The topological polar surface area (TPSA) is 109 Å². The first-order valence-electron chi connectivity index (χ1n) is 14.4. The summed E-state index contributed by atoms with van der Waals surface area (Å²) >= 11 is 0. The van der Waals surface area contributed by atoms with Gasteiger partial charge in [0.15, 0.2) is 0 Å². The summed E-state index contributed by atoms with van der Waals surface area (Å²) in [6, 6.07) is 13.5. The smallest absolute Gasteiger partial charge is 0.253 e. The van der Waals surface area contributed by atoms with Gasteiger partial charge in [0.2, 0.25) is 11.8 Å². The molecule has 10 nitrogen and oxygen atoms in total. The highest BCUT2D eigenvalue weighted by atomic mass is 16.5. The predicted octanol–water partition coefficient (Wildman–Crippen LogP) is 2.56. The maximum Gasteiger partial charge on any atom is 0.253 e. The van der Waals surface area contributed by atoms with Crippen molar-refractivity contribution in [3.05, 3.63) is 72.8 Å². The molecule has 4 aliphatic rings. The zero-order valence-electron chi connectivity index (χ0n) is 23.7. The van der Waals surface area contributed by atoms with Gasteiger partial charge in [-0.05, 0) is 61.9 Å². The van der Waals surface area contributed by atoms with Crippen LogP contribution >= 0.6 is 0 Å². The van der Waals surface area contributed by atoms with Crippen molar-refractivity contribution in [1.29, 1.82) is 0 Å². The largest absolute Gasteiger partial charge is 0.497 e. The lowest BCUT2D eigenvalue weighted by Crippen LogP contribution is -2.55. The maximum absolute atomic E-state index is 14.4. The Hall–Kier alpha value is -4.15. The van der Waals surface area contributed by atoms with E-state index in [0.717, 1.165) is 0 Å². The third kappa shape index (κ3) is 4.46. The number of hydrogen-bond acceptors (Lipinski definition) is 7. The summed E-state index contributed by atoms with van der Waals surface area (Å²) in [6.45, 7) is 3.08. The van der Waals surface area contributed by atoms with Crippen LogP contribution < -0.4 is 19.3 Å². The highest BCUT2D eigenvalue weighted by molar-refractivity contribution is 6.07. The Balaban J connectivity index is 1.38. The minimum atomic E-state index is -1.33. The van der Waals surface area contributed by atoms with Gasteiger partial charge in [-0.2, -0.15) is 0 Å². The lowest BCUT2D eigenvalue weighted by molar-refractivity contribution is -0.140. The van der Waals surface area contributed by atoms with Crippen molar-refractivity contribution < 1.29 is 33.7 Å². The standard InChI is InChI=1S/C32H35N3O7/c1-3-41-24-14-10-21(11-15-24)33-17-4-7-25-26(29(33)37)27-30(38)35(19-6-20-36)28-31(39)34(18-5-16-32(27,28)42-25)22-8-12-23(40-2)13-9-22/h4-5,7-16,25-28,36H,3,6,17-20H2,1-2H3/t25-,26+,27-,28?,32-/m0/s1. The molecule has 4 heterocycles. The molecule has 0 bridgehead atoms. The number of benzene rings is 2. The van der Waals surface area contributed by atoms with E-state index in [-0.39, 0.29) is 37.4 Å². The summed E-state index contributed by atoms with van der Waals surface area (Å²) in [7, 11) is 1.58. The molecule has 42 heavy (non-hydrogen) atoms. The Kier molecular flexibility index (Phi) is 7.51. The lowest BCUT2D eigenvalue weighted by Gasteiger charge is -2.35. The molecule has 3 amide bonds. The molecule has 5 atom stereocenters. The van der Waals surface area contributed by atoms with Gasteiger partial charge >= 0.3 is 0 Å². The molecule has 0 aliphatic carbocycles. The first-order valence-corrected chi connectivity index (χ1v) is 14.4. The van der Waals surface area contributed by atoms with E-state index in [1.165, 1.54) is 4.90 Å². The number of likely N-dealkylation sites (tertiary alicyclic amines) is 1. The molecule has 2 aromatic carbocycles. The van der Waals surface area contributed by atoms with Crippen molar-refractivity contribution in [2.24, 2.45) is 11.8 Å². The molecule has 2 fully saturated rings. The normalized spacial score (nSPS) is 28.4. The van der Waals surface area contributed by atoms with E-state index in [1.807, 2.05) is 55.5 Å². The van der Waals surface area contributed by atoms with E-state index in [2.05, 4.69) is 0 Å². The number of methoxy groups -OCH3 is 1. The van der Waals surface area contributed by atoms with Crippen molar-refractivity contribution in [1.82, 2.24) is 4.90 Å². The van der Waals surface area contributed by atoms with Gasteiger partial charge in [-0.15, -0.1) is 0 Å². The van der Waals surface area contributed by atoms with Crippen LogP contribution in [0.2, 0.25) is 0 Å². The maximum atomic E-state index is 14.4. The van der Waals surface area contributed by atoms with Crippen molar-refractivity contribution in [2.75, 3.05) is 49.8 Å². The molecule has 0 radical (unpaired) electrons. The number of rotatable bonds is 8. The number of carbonyl (C=O) groups excluding carboxylic acids is 3. The second-order valence-corrected chi connectivity index (χ2v) is 10.8. The summed E-state index contributed by atoms with van der Waals surface area (Å²) in [4.78, 5) is 47.7. The van der Waals surface area contributed by atoms with Crippen LogP contribution in [0.4, 0.5) is 11.4 Å². The molecule has 220 valence electrons. The minimum absolute atomic E-state index is 0.138. The second kappa shape index (κ2) is 11.3. The number of nitrogens with zero attached hydrogens (tertiary/aromatic N) is 3. The van der Waals surface area contributed by atoms with E-state index in [9.17, 15) is 19.5 Å². The molecule has 1 spiro atoms.